The van der Waals surface area contributed by atoms with E-state index in [9.17, 15) is 15.3 Å². The first kappa shape index (κ1) is 24.3. The van der Waals surface area contributed by atoms with Gasteiger partial charge in [-0.25, -0.2) is 4.98 Å². The van der Waals surface area contributed by atoms with E-state index in [4.69, 9.17) is 15.1 Å². The zero-order chi connectivity index (χ0) is 24.8. The van der Waals surface area contributed by atoms with Crippen LogP contribution in [0.2, 0.25) is 0 Å². The molecule has 0 spiro atoms. The second-order valence-electron chi connectivity index (χ2n) is 8.25. The number of hydrogen-bond acceptors (Lipinski definition) is 8. The van der Waals surface area contributed by atoms with Crippen molar-refractivity contribution in [2.24, 2.45) is 5.73 Å². The van der Waals surface area contributed by atoms with Crippen LogP contribution in [0.5, 0.6) is 0 Å². The van der Waals surface area contributed by atoms with Crippen LogP contribution in [0.3, 0.4) is 0 Å². The van der Waals surface area contributed by atoms with Gasteiger partial charge in [0.25, 0.3) is 0 Å². The number of hydrogen-bond donors (Lipinski definition) is 1. The monoisotopic (exact) mass is 486 g/mol. The molecule has 1 aromatic carbocycles. The van der Waals surface area contributed by atoms with Gasteiger partial charge in [0.05, 0.1) is 23.7 Å². The standard InChI is InChI=1S/C26H26N6O2S/c1-2-20-21(14-27)25(32-11-9-31(10-12-32)16-18-8-13-34-17-18)30-26(22(20)15-28)35-23(24(29)33)19-6-4-3-5-7-19/h3-8,13,17,23H,2,9-12,16H2,1H3,(H2,29,33). The molecule has 0 aliphatic carbocycles. The van der Waals surface area contributed by atoms with E-state index in [2.05, 4.69) is 21.9 Å². The molecule has 4 rings (SSSR count). The summed E-state index contributed by atoms with van der Waals surface area (Å²) >= 11 is 1.17. The number of amides is 1. The Hall–Kier alpha value is -3.79. The molecule has 2 aromatic heterocycles. The maximum absolute atomic E-state index is 12.4. The van der Waals surface area contributed by atoms with Gasteiger partial charge in [-0.3, -0.25) is 9.69 Å². The molecule has 1 amide bonds. The van der Waals surface area contributed by atoms with Crippen LogP contribution in [0.1, 0.15) is 40.0 Å². The number of nitriles is 2. The Morgan fingerprint density at radius 1 is 1.14 bits per heavy atom. The highest BCUT2D eigenvalue weighted by Crippen LogP contribution is 2.39. The number of piperazine rings is 1. The molecule has 2 N–H and O–H groups in total. The van der Waals surface area contributed by atoms with E-state index >= 15 is 0 Å². The van der Waals surface area contributed by atoms with Crippen molar-refractivity contribution in [2.75, 3.05) is 31.1 Å². The number of furan rings is 1. The predicted molar refractivity (Wildman–Crippen MR) is 133 cm³/mol. The van der Waals surface area contributed by atoms with Crippen LogP contribution in [-0.4, -0.2) is 42.0 Å². The smallest absolute Gasteiger partial charge is 0.235 e. The zero-order valence-electron chi connectivity index (χ0n) is 19.5. The Morgan fingerprint density at radius 2 is 1.86 bits per heavy atom. The minimum Gasteiger partial charge on any atom is -0.472 e. The van der Waals surface area contributed by atoms with Gasteiger partial charge in [0, 0.05) is 38.3 Å². The first-order valence-corrected chi connectivity index (χ1v) is 12.3. The number of benzene rings is 1. The fraction of sp³-hybridized carbons (Fsp3) is 0.308. The lowest BCUT2D eigenvalue weighted by molar-refractivity contribution is -0.117. The molecule has 178 valence electrons. The Bertz CT molecular complexity index is 1260. The Balaban J connectivity index is 1.66. The van der Waals surface area contributed by atoms with Gasteiger partial charge in [0.1, 0.15) is 28.2 Å². The van der Waals surface area contributed by atoms with Crippen molar-refractivity contribution in [3.05, 3.63) is 76.7 Å². The van der Waals surface area contributed by atoms with E-state index in [1.807, 2.05) is 43.3 Å². The van der Waals surface area contributed by atoms with Gasteiger partial charge < -0.3 is 15.1 Å². The lowest BCUT2D eigenvalue weighted by Crippen LogP contribution is -2.46. The number of thioether (sulfide) groups is 1. The molecule has 1 unspecified atom stereocenters. The highest BCUT2D eigenvalue weighted by molar-refractivity contribution is 8.00. The highest BCUT2D eigenvalue weighted by atomic mass is 32.2. The number of primary amides is 1. The largest absolute Gasteiger partial charge is 0.472 e. The number of nitrogens with zero attached hydrogens (tertiary/aromatic N) is 5. The summed E-state index contributed by atoms with van der Waals surface area (Å²) in [7, 11) is 0. The molecule has 8 nitrogen and oxygen atoms in total. The maximum atomic E-state index is 12.4. The Kier molecular flexibility index (Phi) is 7.71. The van der Waals surface area contributed by atoms with Crippen molar-refractivity contribution in [2.45, 2.75) is 30.2 Å². The maximum Gasteiger partial charge on any atom is 0.235 e. The van der Waals surface area contributed by atoms with E-state index < -0.39 is 11.2 Å². The van der Waals surface area contributed by atoms with Gasteiger partial charge in [0.15, 0.2) is 0 Å². The number of pyridine rings is 1. The molecule has 1 aliphatic heterocycles. The summed E-state index contributed by atoms with van der Waals surface area (Å²) in [6.07, 6.45) is 3.93. The topological polar surface area (TPSA) is 123 Å². The first-order valence-electron chi connectivity index (χ1n) is 11.4. The number of nitrogens with two attached hydrogens (primary N) is 1. The SMILES string of the molecule is CCc1c(C#N)c(SC(C(N)=O)c2ccccc2)nc(N2CCN(Cc3ccoc3)CC2)c1C#N. The van der Waals surface area contributed by atoms with Gasteiger partial charge in [-0.15, -0.1) is 0 Å². The van der Waals surface area contributed by atoms with E-state index in [1.54, 1.807) is 12.5 Å². The summed E-state index contributed by atoms with van der Waals surface area (Å²) in [6, 6.07) is 15.7. The summed E-state index contributed by atoms with van der Waals surface area (Å²) in [5.74, 6) is 0.0498. The molecule has 9 heteroatoms. The van der Waals surface area contributed by atoms with Gasteiger partial charge in [-0.2, -0.15) is 10.5 Å². The van der Waals surface area contributed by atoms with E-state index in [-0.39, 0.29) is 0 Å². The second kappa shape index (κ2) is 11.1. The molecule has 0 bridgehead atoms. The average Bonchev–Trinajstić information content (AvgIpc) is 3.40. The van der Waals surface area contributed by atoms with Crippen LogP contribution in [0.15, 0.2) is 58.4 Å². The minimum atomic E-state index is -0.701. The fourth-order valence-electron chi connectivity index (χ4n) is 4.29. The van der Waals surface area contributed by atoms with Crippen molar-refractivity contribution in [1.82, 2.24) is 9.88 Å². The van der Waals surface area contributed by atoms with Crippen LogP contribution in [0, 0.1) is 22.7 Å². The first-order chi connectivity index (χ1) is 17.0. The molecule has 1 aliphatic rings. The summed E-state index contributed by atoms with van der Waals surface area (Å²) in [5.41, 5.74) is 9.01. The Labute approximate surface area is 208 Å². The van der Waals surface area contributed by atoms with Crippen LogP contribution >= 0.6 is 11.8 Å². The summed E-state index contributed by atoms with van der Waals surface area (Å²) in [4.78, 5) is 21.6. The number of aromatic nitrogens is 1. The van der Waals surface area contributed by atoms with Crippen molar-refractivity contribution in [3.8, 4) is 12.1 Å². The lowest BCUT2D eigenvalue weighted by Gasteiger charge is -2.36. The quantitative estimate of drug-likeness (QED) is 0.479. The predicted octanol–water partition coefficient (Wildman–Crippen LogP) is 3.62. The van der Waals surface area contributed by atoms with E-state index in [0.29, 0.717) is 47.0 Å². The van der Waals surface area contributed by atoms with Crippen molar-refractivity contribution in [3.63, 3.8) is 0 Å². The number of carbonyl (C=O) groups is 1. The minimum absolute atomic E-state index is 0.332. The molecule has 3 heterocycles. The normalized spacial score (nSPS) is 14.8. The molecule has 1 atom stereocenters. The number of carbonyl (C=O) groups excluding carboxylic acids is 1. The summed E-state index contributed by atoms with van der Waals surface area (Å²) < 4.78 is 5.17. The third kappa shape index (κ3) is 5.32. The van der Waals surface area contributed by atoms with Crippen LogP contribution in [-0.2, 0) is 17.8 Å². The van der Waals surface area contributed by atoms with E-state index in [0.717, 1.165) is 30.8 Å². The van der Waals surface area contributed by atoms with Crippen molar-refractivity contribution in [1.29, 1.82) is 10.5 Å². The molecule has 1 fully saturated rings. The molecule has 0 radical (unpaired) electrons. The van der Waals surface area contributed by atoms with Gasteiger partial charge in [0.2, 0.25) is 5.91 Å². The Morgan fingerprint density at radius 3 is 2.43 bits per heavy atom. The molecular weight excluding hydrogens is 460 g/mol. The van der Waals surface area contributed by atoms with E-state index in [1.165, 1.54) is 11.8 Å². The highest BCUT2D eigenvalue weighted by Gasteiger charge is 2.28. The molecule has 1 saturated heterocycles. The molecule has 3 aromatic rings. The average molecular weight is 487 g/mol. The van der Waals surface area contributed by atoms with Gasteiger partial charge in [-0.05, 0) is 23.6 Å². The lowest BCUT2D eigenvalue weighted by atomic mass is 10.0. The third-order valence-electron chi connectivity index (χ3n) is 6.07. The summed E-state index contributed by atoms with van der Waals surface area (Å²) in [6.45, 7) is 5.70. The molecular formula is C26H26N6O2S. The zero-order valence-corrected chi connectivity index (χ0v) is 20.3. The van der Waals surface area contributed by atoms with Crippen molar-refractivity contribution >= 4 is 23.5 Å². The van der Waals surface area contributed by atoms with Crippen LogP contribution < -0.4 is 10.6 Å². The molecule has 35 heavy (non-hydrogen) atoms. The fourth-order valence-corrected chi connectivity index (χ4v) is 5.34. The van der Waals surface area contributed by atoms with Crippen molar-refractivity contribution < 1.29 is 9.21 Å². The van der Waals surface area contributed by atoms with Gasteiger partial charge >= 0.3 is 0 Å². The summed E-state index contributed by atoms with van der Waals surface area (Å²) in [5, 5.41) is 19.7. The number of rotatable bonds is 8. The second-order valence-corrected chi connectivity index (χ2v) is 9.35. The van der Waals surface area contributed by atoms with Crippen LogP contribution in [0.25, 0.3) is 0 Å². The van der Waals surface area contributed by atoms with Crippen LogP contribution in [0.4, 0.5) is 5.82 Å². The number of anilines is 1. The third-order valence-corrected chi connectivity index (χ3v) is 7.33. The van der Waals surface area contributed by atoms with Gasteiger partial charge in [-0.1, -0.05) is 49.0 Å². The molecule has 0 saturated carbocycles.